The average molecular weight is 490 g/mol. The summed E-state index contributed by atoms with van der Waals surface area (Å²) in [7, 11) is 1.58. The van der Waals surface area contributed by atoms with Crippen LogP contribution in [0.5, 0.6) is 0 Å². The van der Waals surface area contributed by atoms with Gasteiger partial charge in [0.25, 0.3) is 5.91 Å². The van der Waals surface area contributed by atoms with Gasteiger partial charge in [-0.3, -0.25) is 15.1 Å². The summed E-state index contributed by atoms with van der Waals surface area (Å²) in [6.45, 7) is 1.66. The van der Waals surface area contributed by atoms with Gasteiger partial charge in [-0.25, -0.2) is 18.9 Å². The Morgan fingerprint density at radius 2 is 2.06 bits per heavy atom. The highest BCUT2D eigenvalue weighted by molar-refractivity contribution is 6.30. The number of halogens is 2. The topological polar surface area (TPSA) is 144 Å². The van der Waals surface area contributed by atoms with Crippen LogP contribution in [0.25, 0.3) is 11.4 Å². The molecule has 0 unspecified atom stereocenters. The monoisotopic (exact) mass is 489 g/mol. The molecule has 34 heavy (non-hydrogen) atoms. The van der Waals surface area contributed by atoms with Crippen molar-refractivity contribution in [1.29, 1.82) is 0 Å². The molecule has 0 radical (unpaired) electrons. The molecule has 0 bridgehead atoms. The lowest BCUT2D eigenvalue weighted by Gasteiger charge is -2.36. The number of rotatable bonds is 6. The van der Waals surface area contributed by atoms with E-state index in [2.05, 4.69) is 30.9 Å². The van der Waals surface area contributed by atoms with E-state index in [1.165, 1.54) is 29.2 Å². The predicted octanol–water partition coefficient (Wildman–Crippen LogP) is 3.04. The molecule has 0 aliphatic heterocycles. The molecule has 1 aliphatic carbocycles. The first-order chi connectivity index (χ1) is 16.2. The first kappa shape index (κ1) is 23.5. The van der Waals surface area contributed by atoms with Crippen molar-refractivity contribution in [3.05, 3.63) is 47.4 Å². The molecule has 1 atom stereocenters. The van der Waals surface area contributed by atoms with Gasteiger partial charge in [-0.1, -0.05) is 22.9 Å². The second kappa shape index (κ2) is 9.31. The molecule has 0 saturated heterocycles. The van der Waals surface area contributed by atoms with Gasteiger partial charge in [0.05, 0.1) is 23.7 Å². The maximum absolute atomic E-state index is 14.3. The van der Waals surface area contributed by atoms with Crippen molar-refractivity contribution in [1.82, 2.24) is 25.0 Å². The molecular formula is C21H21ClFN7O4. The van der Waals surface area contributed by atoms with Gasteiger partial charge in [-0.2, -0.15) is 0 Å². The van der Waals surface area contributed by atoms with Crippen molar-refractivity contribution >= 4 is 35.1 Å². The second-order valence-electron chi connectivity index (χ2n) is 7.88. The van der Waals surface area contributed by atoms with Crippen LogP contribution in [0.2, 0.25) is 5.15 Å². The zero-order valence-electron chi connectivity index (χ0n) is 18.2. The molecule has 11 nitrogen and oxygen atoms in total. The summed E-state index contributed by atoms with van der Waals surface area (Å²) in [6, 6.07) is 6.44. The smallest absolute Gasteiger partial charge is 0.413 e. The van der Waals surface area contributed by atoms with E-state index in [1.54, 1.807) is 26.1 Å². The number of amides is 2. The van der Waals surface area contributed by atoms with Crippen molar-refractivity contribution in [2.24, 2.45) is 7.05 Å². The molecule has 178 valence electrons. The van der Waals surface area contributed by atoms with Crippen molar-refractivity contribution < 1.29 is 23.8 Å². The van der Waals surface area contributed by atoms with Gasteiger partial charge in [0, 0.05) is 31.6 Å². The lowest BCUT2D eigenvalue weighted by atomic mass is 9.78. The number of hydrogen-bond donors (Lipinski definition) is 3. The Bertz CT molecular complexity index is 1210. The Morgan fingerprint density at radius 3 is 2.71 bits per heavy atom. The molecule has 0 aromatic carbocycles. The lowest BCUT2D eigenvalue weighted by molar-refractivity contribution is -0.142. The summed E-state index contributed by atoms with van der Waals surface area (Å²) in [5.74, 6) is -0.607. The van der Waals surface area contributed by atoms with Gasteiger partial charge < -0.3 is 15.2 Å². The van der Waals surface area contributed by atoms with Crippen LogP contribution in [0.1, 0.15) is 31.4 Å². The van der Waals surface area contributed by atoms with Crippen molar-refractivity contribution in [3.8, 4) is 11.4 Å². The number of hydrogen-bond acceptors (Lipinski definition) is 8. The lowest BCUT2D eigenvalue weighted by Crippen LogP contribution is -2.52. The molecule has 13 heteroatoms. The minimum Gasteiger partial charge on any atom is -0.441 e. The standard InChI is InChI=1S/C21H21ClFN7O4/c1-11(14-4-3-7-24-17(14)22)34-20(33)27-18-16(28-29-30(18)2)15-6-5-12(10-25-15)26-19(32)21(23)8-13(31)9-21/h3-7,10-11,13,31H,8-9H2,1-2H3,(H,26,32)(H,27,33)/t11-,13-,21+/m1/s1. The fourth-order valence-electron chi connectivity index (χ4n) is 3.45. The van der Waals surface area contributed by atoms with E-state index in [4.69, 9.17) is 16.3 Å². The normalized spacial score (nSPS) is 20.2. The molecule has 3 N–H and O–H groups in total. The highest BCUT2D eigenvalue weighted by Gasteiger charge is 2.50. The molecule has 1 saturated carbocycles. The van der Waals surface area contributed by atoms with Gasteiger partial charge in [0.1, 0.15) is 11.3 Å². The largest absolute Gasteiger partial charge is 0.441 e. The van der Waals surface area contributed by atoms with Crippen LogP contribution in [0.4, 0.5) is 20.7 Å². The van der Waals surface area contributed by atoms with Gasteiger partial charge in [0.2, 0.25) is 0 Å². The van der Waals surface area contributed by atoms with Crippen LogP contribution in [0.3, 0.4) is 0 Å². The Labute approximate surface area is 198 Å². The molecular weight excluding hydrogens is 469 g/mol. The third kappa shape index (κ3) is 4.82. The highest BCUT2D eigenvalue weighted by atomic mass is 35.5. The van der Waals surface area contributed by atoms with Crippen LogP contribution in [-0.2, 0) is 16.6 Å². The number of nitrogens with zero attached hydrogens (tertiary/aromatic N) is 5. The fourth-order valence-corrected chi connectivity index (χ4v) is 3.72. The summed E-state index contributed by atoms with van der Waals surface area (Å²) in [5.41, 5.74) is -0.662. The van der Waals surface area contributed by atoms with E-state index < -0.39 is 29.9 Å². The predicted molar refractivity (Wildman–Crippen MR) is 120 cm³/mol. The van der Waals surface area contributed by atoms with Crippen LogP contribution in [0.15, 0.2) is 36.7 Å². The number of aliphatic hydroxyl groups excluding tert-OH is 1. The molecule has 4 rings (SSSR count). The number of pyridine rings is 2. The number of aromatic nitrogens is 5. The number of alkyl halides is 1. The number of ether oxygens (including phenoxy) is 1. The SMILES string of the molecule is C[C@@H](OC(=O)Nc1c(-c2ccc(NC(=O)[C@]3(F)C[C@@H](O)C3)cn2)nnn1C)c1cccnc1Cl. The third-order valence-electron chi connectivity index (χ3n) is 5.35. The van der Waals surface area contributed by atoms with Crippen LogP contribution < -0.4 is 10.6 Å². The third-order valence-corrected chi connectivity index (χ3v) is 5.66. The quantitative estimate of drug-likeness (QED) is 0.448. The molecule has 3 aromatic rings. The number of aryl methyl sites for hydroxylation is 1. The van der Waals surface area contributed by atoms with Crippen LogP contribution >= 0.6 is 11.6 Å². The maximum atomic E-state index is 14.3. The van der Waals surface area contributed by atoms with E-state index in [0.717, 1.165) is 0 Å². The number of aliphatic hydroxyl groups is 1. The van der Waals surface area contributed by atoms with E-state index in [1.807, 2.05) is 0 Å². The molecule has 1 aliphatic rings. The molecule has 0 spiro atoms. The second-order valence-corrected chi connectivity index (χ2v) is 8.24. The van der Waals surface area contributed by atoms with E-state index in [0.29, 0.717) is 11.3 Å². The average Bonchev–Trinajstić information content (AvgIpc) is 3.13. The number of anilines is 2. The van der Waals surface area contributed by atoms with Crippen molar-refractivity contribution in [3.63, 3.8) is 0 Å². The Balaban J connectivity index is 1.43. The molecule has 3 heterocycles. The maximum Gasteiger partial charge on any atom is 0.413 e. The van der Waals surface area contributed by atoms with Gasteiger partial charge >= 0.3 is 6.09 Å². The van der Waals surface area contributed by atoms with E-state index >= 15 is 0 Å². The van der Waals surface area contributed by atoms with Gasteiger partial charge in [0.15, 0.2) is 17.2 Å². The van der Waals surface area contributed by atoms with Crippen molar-refractivity contribution in [2.45, 2.75) is 37.6 Å². The van der Waals surface area contributed by atoms with Gasteiger partial charge in [-0.05, 0) is 25.1 Å². The fraction of sp³-hybridized carbons (Fsp3) is 0.333. The first-order valence-electron chi connectivity index (χ1n) is 10.3. The zero-order valence-corrected chi connectivity index (χ0v) is 19.0. The Kier molecular flexibility index (Phi) is 6.44. The van der Waals surface area contributed by atoms with E-state index in [-0.39, 0.29) is 35.2 Å². The van der Waals surface area contributed by atoms with Crippen molar-refractivity contribution in [2.75, 3.05) is 10.6 Å². The summed E-state index contributed by atoms with van der Waals surface area (Å²) < 4.78 is 21.0. The number of carbonyl (C=O) groups is 2. The van der Waals surface area contributed by atoms with Crippen LogP contribution in [0, 0.1) is 0 Å². The number of carbonyl (C=O) groups excluding carboxylic acids is 2. The Morgan fingerprint density at radius 1 is 1.29 bits per heavy atom. The van der Waals surface area contributed by atoms with Crippen LogP contribution in [-0.4, -0.2) is 53.8 Å². The van der Waals surface area contributed by atoms with Gasteiger partial charge in [-0.15, -0.1) is 5.10 Å². The first-order valence-corrected chi connectivity index (χ1v) is 10.7. The molecule has 2 amide bonds. The summed E-state index contributed by atoms with van der Waals surface area (Å²) in [4.78, 5) is 32.8. The summed E-state index contributed by atoms with van der Waals surface area (Å²) in [6.07, 6.45) is 0.149. The minimum atomic E-state index is -2.09. The van der Waals surface area contributed by atoms with E-state index in [9.17, 15) is 19.1 Å². The summed E-state index contributed by atoms with van der Waals surface area (Å²) in [5, 5.41) is 22.5. The highest BCUT2D eigenvalue weighted by Crippen LogP contribution is 2.37. The molecule has 1 fully saturated rings. The number of nitrogens with one attached hydrogen (secondary N) is 2. The summed E-state index contributed by atoms with van der Waals surface area (Å²) >= 11 is 6.05. The molecule has 3 aromatic heterocycles. The zero-order chi connectivity index (χ0) is 24.5. The Hall–Kier alpha value is -3.64. The minimum absolute atomic E-state index is 0.227.